The SMILES string of the molecule is CCC1C2CC3C4N(C)c5ccccc5[C@]45CC([C@H]2[C@H]5OC(C)=O)N3[C@@H]1OC(C)=O. The predicted octanol–water partition coefficient (Wildman–Crippen LogP) is 2.70. The fourth-order valence-corrected chi connectivity index (χ4v) is 8.49. The number of nitrogens with zero attached hydrogens (tertiary/aromatic N) is 2. The van der Waals surface area contributed by atoms with Crippen LogP contribution >= 0.6 is 0 Å². The number of hydrogen-bond donors (Lipinski definition) is 0. The van der Waals surface area contributed by atoms with Crippen LogP contribution in [0.25, 0.3) is 0 Å². The Balaban J connectivity index is 1.56. The fourth-order valence-electron chi connectivity index (χ4n) is 8.49. The van der Waals surface area contributed by atoms with Crippen LogP contribution in [0, 0.1) is 17.8 Å². The Morgan fingerprint density at radius 1 is 1.13 bits per heavy atom. The molecule has 1 aromatic carbocycles. The van der Waals surface area contributed by atoms with Gasteiger partial charge >= 0.3 is 11.9 Å². The zero-order valence-electron chi connectivity index (χ0n) is 18.1. The molecule has 0 aromatic heterocycles. The summed E-state index contributed by atoms with van der Waals surface area (Å²) in [5.41, 5.74) is 2.41. The molecule has 6 nitrogen and oxygen atoms in total. The number of carbonyl (C=O) groups is 2. The predicted molar refractivity (Wildman–Crippen MR) is 111 cm³/mol. The molecule has 6 aliphatic rings. The van der Waals surface area contributed by atoms with Crippen LogP contribution in [-0.2, 0) is 24.5 Å². The summed E-state index contributed by atoms with van der Waals surface area (Å²) < 4.78 is 12.2. The third kappa shape index (κ3) is 1.99. The Bertz CT molecular complexity index is 934. The maximum absolute atomic E-state index is 12.3. The minimum absolute atomic E-state index is 0.122. The smallest absolute Gasteiger partial charge is 0.304 e. The van der Waals surface area contributed by atoms with Crippen molar-refractivity contribution in [3.8, 4) is 0 Å². The Hall–Kier alpha value is -2.08. The number of anilines is 1. The lowest BCUT2D eigenvalue weighted by atomic mass is 9.62. The maximum atomic E-state index is 12.3. The Kier molecular flexibility index (Phi) is 3.73. The lowest BCUT2D eigenvalue weighted by molar-refractivity contribution is -0.228. The minimum Gasteiger partial charge on any atom is -0.461 e. The van der Waals surface area contributed by atoms with Crippen LogP contribution in [0.5, 0.6) is 0 Å². The first-order valence-corrected chi connectivity index (χ1v) is 11.3. The molecule has 160 valence electrons. The van der Waals surface area contributed by atoms with Crippen molar-refractivity contribution in [1.82, 2.24) is 4.90 Å². The molecular formula is C24H30N2O4. The number of para-hydroxylation sites is 1. The van der Waals surface area contributed by atoms with E-state index in [1.165, 1.54) is 18.2 Å². The molecule has 1 aliphatic carbocycles. The van der Waals surface area contributed by atoms with Gasteiger partial charge in [-0.25, -0.2) is 0 Å². The highest BCUT2D eigenvalue weighted by Crippen LogP contribution is 2.69. The lowest BCUT2D eigenvalue weighted by Gasteiger charge is -2.62. The van der Waals surface area contributed by atoms with E-state index in [1.54, 1.807) is 6.92 Å². The van der Waals surface area contributed by atoms with Crippen LogP contribution in [0.1, 0.15) is 45.6 Å². The number of hydrogen-bond acceptors (Lipinski definition) is 6. The molecule has 4 saturated heterocycles. The van der Waals surface area contributed by atoms with E-state index < -0.39 is 0 Å². The molecule has 6 heteroatoms. The van der Waals surface area contributed by atoms with Crippen LogP contribution in [0.2, 0.25) is 0 Å². The largest absolute Gasteiger partial charge is 0.461 e. The van der Waals surface area contributed by atoms with E-state index in [1.807, 2.05) is 0 Å². The van der Waals surface area contributed by atoms with Crippen molar-refractivity contribution >= 4 is 17.6 Å². The van der Waals surface area contributed by atoms with Gasteiger partial charge in [0.25, 0.3) is 0 Å². The van der Waals surface area contributed by atoms with Gasteiger partial charge in [-0.2, -0.15) is 0 Å². The van der Waals surface area contributed by atoms with E-state index in [0.29, 0.717) is 29.8 Å². The molecule has 5 heterocycles. The third-order valence-corrected chi connectivity index (χ3v) is 8.98. The normalized spacial score (nSPS) is 46.5. The van der Waals surface area contributed by atoms with Crippen molar-refractivity contribution in [3.05, 3.63) is 29.8 Å². The van der Waals surface area contributed by atoms with E-state index in [0.717, 1.165) is 19.3 Å². The summed E-state index contributed by atoms with van der Waals surface area (Å²) in [5, 5.41) is 0. The molecule has 0 N–H and O–H groups in total. The van der Waals surface area contributed by atoms with Gasteiger partial charge in [-0.1, -0.05) is 25.1 Å². The number of rotatable bonds is 3. The van der Waals surface area contributed by atoms with Crippen LogP contribution in [0.3, 0.4) is 0 Å². The number of ether oxygens (including phenoxy) is 2. The lowest BCUT2D eigenvalue weighted by Crippen LogP contribution is -2.73. The van der Waals surface area contributed by atoms with Gasteiger partial charge in [0.15, 0.2) is 6.23 Å². The second-order valence-corrected chi connectivity index (χ2v) is 9.98. The summed E-state index contributed by atoms with van der Waals surface area (Å²) in [5.74, 6) is 0.608. The summed E-state index contributed by atoms with van der Waals surface area (Å²) in [6.45, 7) is 5.26. The van der Waals surface area contributed by atoms with Gasteiger partial charge in [-0.15, -0.1) is 0 Å². The number of likely N-dealkylation sites (N-methyl/N-ethyl adjacent to an activating group) is 1. The van der Waals surface area contributed by atoms with Gasteiger partial charge < -0.3 is 14.4 Å². The molecule has 10 atom stereocenters. The number of carbonyl (C=O) groups excluding carboxylic acids is 2. The summed E-state index contributed by atoms with van der Waals surface area (Å²) in [7, 11) is 2.18. The standard InChI is InChI=1S/C24H30N2O4/c1-5-14-15-10-18-21-24(16-8-6-7-9-17(16)25(21)4)11-19(20(15)22(24)29-12(2)27)26(18)23(14)30-13(3)28/h6-9,14-15,18-23H,5,10-11H2,1-4H3/t14?,15?,18?,19?,20-,21?,22+,23+,24+/m0/s1. The monoisotopic (exact) mass is 410 g/mol. The van der Waals surface area contributed by atoms with Gasteiger partial charge in [0, 0.05) is 50.5 Å². The van der Waals surface area contributed by atoms with Crippen LogP contribution in [0.4, 0.5) is 5.69 Å². The average molecular weight is 411 g/mol. The van der Waals surface area contributed by atoms with E-state index in [9.17, 15) is 9.59 Å². The van der Waals surface area contributed by atoms with Crippen molar-refractivity contribution in [1.29, 1.82) is 0 Å². The molecule has 1 spiro atoms. The quantitative estimate of drug-likeness (QED) is 0.714. The van der Waals surface area contributed by atoms with E-state index in [2.05, 4.69) is 48.0 Å². The molecule has 5 fully saturated rings. The molecule has 5 bridgehead atoms. The molecule has 6 unspecified atom stereocenters. The molecule has 1 saturated carbocycles. The molecule has 1 aromatic rings. The highest BCUT2D eigenvalue weighted by Gasteiger charge is 2.78. The summed E-state index contributed by atoms with van der Waals surface area (Å²) >= 11 is 0. The summed E-state index contributed by atoms with van der Waals surface area (Å²) in [6.07, 6.45) is 2.72. The highest BCUT2D eigenvalue weighted by molar-refractivity contribution is 5.70. The average Bonchev–Trinajstić information content (AvgIpc) is 3.10. The van der Waals surface area contributed by atoms with Gasteiger partial charge in [-0.3, -0.25) is 14.5 Å². The van der Waals surface area contributed by atoms with Crippen molar-refractivity contribution in [2.24, 2.45) is 17.8 Å². The van der Waals surface area contributed by atoms with Gasteiger partial charge in [0.1, 0.15) is 6.10 Å². The fraction of sp³-hybridized carbons (Fsp3) is 0.667. The zero-order chi connectivity index (χ0) is 20.9. The summed E-state index contributed by atoms with van der Waals surface area (Å²) in [4.78, 5) is 29.2. The zero-order valence-corrected chi connectivity index (χ0v) is 18.1. The van der Waals surface area contributed by atoms with E-state index in [4.69, 9.17) is 9.47 Å². The Labute approximate surface area is 177 Å². The molecule has 5 aliphatic heterocycles. The second-order valence-electron chi connectivity index (χ2n) is 9.98. The first-order chi connectivity index (χ1) is 14.4. The van der Waals surface area contributed by atoms with Crippen LogP contribution < -0.4 is 4.90 Å². The molecule has 30 heavy (non-hydrogen) atoms. The molecule has 7 rings (SSSR count). The van der Waals surface area contributed by atoms with Crippen molar-refractivity contribution in [2.75, 3.05) is 11.9 Å². The third-order valence-electron chi connectivity index (χ3n) is 8.98. The topological polar surface area (TPSA) is 59.1 Å². The number of benzene rings is 1. The minimum atomic E-state index is -0.203. The van der Waals surface area contributed by atoms with Gasteiger partial charge in [0.05, 0.1) is 11.5 Å². The number of fused-ring (bicyclic) bond motifs is 2. The Morgan fingerprint density at radius 2 is 1.87 bits per heavy atom. The number of piperidine rings is 4. The van der Waals surface area contributed by atoms with E-state index >= 15 is 0 Å². The van der Waals surface area contributed by atoms with Crippen LogP contribution in [0.15, 0.2) is 24.3 Å². The first-order valence-electron chi connectivity index (χ1n) is 11.3. The summed E-state index contributed by atoms with van der Waals surface area (Å²) in [6, 6.07) is 9.46. The highest BCUT2D eigenvalue weighted by atomic mass is 16.6. The van der Waals surface area contributed by atoms with Crippen molar-refractivity contribution in [3.63, 3.8) is 0 Å². The van der Waals surface area contributed by atoms with Crippen molar-refractivity contribution in [2.45, 2.75) is 75.9 Å². The van der Waals surface area contributed by atoms with Crippen LogP contribution in [-0.4, -0.2) is 54.3 Å². The van der Waals surface area contributed by atoms with Crippen molar-refractivity contribution < 1.29 is 19.1 Å². The van der Waals surface area contributed by atoms with Gasteiger partial charge in [0.2, 0.25) is 0 Å². The maximum Gasteiger partial charge on any atom is 0.304 e. The van der Waals surface area contributed by atoms with E-state index in [-0.39, 0.29) is 35.7 Å². The second kappa shape index (κ2) is 6.00. The Morgan fingerprint density at radius 3 is 2.57 bits per heavy atom. The molecular weight excluding hydrogens is 380 g/mol. The molecule has 0 radical (unpaired) electrons. The molecule has 0 amide bonds. The van der Waals surface area contributed by atoms with Gasteiger partial charge in [-0.05, 0) is 36.8 Å². The number of esters is 2. The first kappa shape index (κ1) is 18.7.